The van der Waals surface area contributed by atoms with Gasteiger partial charge in [-0.15, -0.1) is 6.58 Å². The number of hydrogen-bond acceptors (Lipinski definition) is 37. The molecule has 40 nitrogen and oxygen atoms in total. The Morgan fingerprint density at radius 1 is 0.578 bits per heavy atom. The molecule has 135 heavy (non-hydrogen) atoms. The molecule has 5 aromatic rings. The number of hydrogen-bond donors (Lipinski definition) is 13. The Bertz CT molecular complexity index is 4160. The number of rotatable bonds is 52. The number of carbonyl (C=O) groups is 3. The van der Waals surface area contributed by atoms with E-state index in [1.54, 1.807) is 74.1 Å². The Kier molecular flexibility index (Phi) is 74.1. The van der Waals surface area contributed by atoms with E-state index < -0.39 is 72.0 Å². The molecule has 0 fully saturated rings. The van der Waals surface area contributed by atoms with Crippen molar-refractivity contribution in [2.24, 2.45) is 26.4 Å². The van der Waals surface area contributed by atoms with Gasteiger partial charge in [-0.2, -0.15) is 21.2 Å². The minimum atomic E-state index is -4.03. The van der Waals surface area contributed by atoms with Crippen LogP contribution >= 0.6 is 7.82 Å². The van der Waals surface area contributed by atoms with Crippen LogP contribution in [0.2, 0.25) is 0 Å². The molecule has 0 aromatic heterocycles. The third-order valence-corrected chi connectivity index (χ3v) is 19.8. The average Bonchev–Trinajstić information content (AvgIpc) is 1.84. The van der Waals surface area contributed by atoms with E-state index in [4.69, 9.17) is 117 Å². The summed E-state index contributed by atoms with van der Waals surface area (Å²) in [5.41, 5.74) is 14.6. The minimum Gasteiger partial charge on any atom is -0.524 e. The quantitative estimate of drug-likeness (QED) is 0.00348. The number of ether oxygens (including phenoxy) is 12. The predicted molar refractivity (Wildman–Crippen MR) is 496 cm³/mol. The predicted octanol–water partition coefficient (Wildman–Crippen LogP) is 5.18. The molecule has 13 unspecified atom stereocenters. The molecule has 3 aliphatic heterocycles. The SMILES string of the molecule is C=CCOP(=O)(OCCNC(=O)OC(C)(C)C)OCC(COCCC(C)OCc1ccc(OC)cc1)N[C-]=O.CC(O)CCOCC(CO)N[C-]=O.CC(O)CCOCC(N)CO.CC(O)CCOCC1COC(c2ccccc2)=N1.COC(=O)C(N)CO.COC(=O)C1COC(c2ccccc2)=N1.Cc1ccc(S(=O)(=O)OCCC(C)O)cc1.OCC1COC(c2ccccc2)=N1.[V].[V]. The zero-order valence-corrected chi connectivity index (χ0v) is 83.5. The van der Waals surface area contributed by atoms with Crippen LogP contribution in [0.15, 0.2) is 172 Å². The molecule has 44 heteroatoms. The van der Waals surface area contributed by atoms with Crippen LogP contribution in [0.5, 0.6) is 5.75 Å². The molecule has 15 N–H and O–H groups in total. The van der Waals surface area contributed by atoms with E-state index in [9.17, 15) is 37.0 Å². The minimum absolute atomic E-state index is 0. The van der Waals surface area contributed by atoms with E-state index in [0.717, 1.165) is 33.6 Å². The summed E-state index contributed by atoms with van der Waals surface area (Å²) in [6.45, 7) is 23.0. The first kappa shape index (κ1) is 129. The molecule has 0 bridgehead atoms. The first-order valence-corrected chi connectivity index (χ1v) is 45.8. The first-order chi connectivity index (χ1) is 63.5. The molecule has 2 radical (unpaired) electrons. The molecular weight excluding hydrogens is 1880 g/mol. The molecule has 0 saturated carbocycles. The summed E-state index contributed by atoms with van der Waals surface area (Å²) in [5.74, 6) is 1.67. The monoisotopic (exact) mass is 2020 g/mol. The second kappa shape index (κ2) is 77.7. The zero-order chi connectivity index (χ0) is 99.3. The molecular formula is C91H141N8O32PSV2-2. The number of nitrogens with one attached hydrogen (secondary N) is 3. The largest absolute Gasteiger partial charge is 0.524 e. The maximum Gasteiger partial charge on any atom is 0.475 e. The fourth-order valence-electron chi connectivity index (χ4n) is 9.70. The molecule has 5 aromatic carbocycles. The number of nitrogens with zero attached hydrogens (tertiary/aromatic N) is 3. The van der Waals surface area contributed by atoms with Crippen LogP contribution in [0.3, 0.4) is 0 Å². The smallest absolute Gasteiger partial charge is 0.475 e. The molecule has 0 aliphatic carbocycles. The van der Waals surface area contributed by atoms with Crippen molar-refractivity contribution in [3.8, 4) is 5.75 Å². The van der Waals surface area contributed by atoms with Crippen LogP contribution in [0.25, 0.3) is 0 Å². The van der Waals surface area contributed by atoms with Crippen LogP contribution in [0.1, 0.15) is 115 Å². The Hall–Kier alpha value is -8.21. The van der Waals surface area contributed by atoms with Crippen molar-refractivity contribution < 1.29 is 190 Å². The van der Waals surface area contributed by atoms with Crippen molar-refractivity contribution in [2.45, 2.75) is 184 Å². The van der Waals surface area contributed by atoms with Crippen molar-refractivity contribution in [1.82, 2.24) is 16.0 Å². The fourth-order valence-corrected chi connectivity index (χ4v) is 11.8. The average molecular weight is 2020 g/mol. The number of alkyl carbamates (subject to hydrolysis) is 1. The Morgan fingerprint density at radius 3 is 1.50 bits per heavy atom. The van der Waals surface area contributed by atoms with Gasteiger partial charge in [0.25, 0.3) is 10.1 Å². The van der Waals surface area contributed by atoms with Gasteiger partial charge >= 0.3 is 25.9 Å². The number of nitrogens with two attached hydrogens (primary N) is 2. The topological polar surface area (TPSA) is 571 Å². The third kappa shape index (κ3) is 64.6. The summed E-state index contributed by atoms with van der Waals surface area (Å²) in [4.78, 5) is 66.9. The second-order valence-corrected chi connectivity index (χ2v) is 33.8. The zero-order valence-electron chi connectivity index (χ0n) is 79.0. The summed E-state index contributed by atoms with van der Waals surface area (Å²) < 4.78 is 119. The number of benzene rings is 5. The fraction of sp³-hybridized carbons (Fsp3) is 0.560. The second-order valence-electron chi connectivity index (χ2n) is 30.5. The first-order valence-electron chi connectivity index (χ1n) is 43.0. The molecule has 8 rings (SSSR count). The Labute approximate surface area is 817 Å². The number of esters is 2. The van der Waals surface area contributed by atoms with Gasteiger partial charge in [0, 0.05) is 98.9 Å². The van der Waals surface area contributed by atoms with Gasteiger partial charge < -0.3 is 135 Å². The molecule has 760 valence electrons. The van der Waals surface area contributed by atoms with Gasteiger partial charge in [0.05, 0.1) is 149 Å². The van der Waals surface area contributed by atoms with E-state index in [0.29, 0.717) is 109 Å². The van der Waals surface area contributed by atoms with Gasteiger partial charge in [-0.1, -0.05) is 90.5 Å². The van der Waals surface area contributed by atoms with Crippen LogP contribution in [-0.4, -0.2) is 330 Å². The summed E-state index contributed by atoms with van der Waals surface area (Å²) >= 11 is 0. The number of aryl methyl sites for hydroxylation is 1. The maximum atomic E-state index is 12.9. The van der Waals surface area contributed by atoms with Gasteiger partial charge in [-0.25, -0.2) is 29.1 Å². The number of aliphatic hydroxyl groups is 8. The van der Waals surface area contributed by atoms with Crippen molar-refractivity contribution in [1.29, 1.82) is 0 Å². The number of phosphoric ester groups is 1. The van der Waals surface area contributed by atoms with Crippen LogP contribution < -0.4 is 32.2 Å². The van der Waals surface area contributed by atoms with Crippen LogP contribution in [0, 0.1) is 6.92 Å². The molecule has 0 saturated heterocycles. The van der Waals surface area contributed by atoms with Crippen molar-refractivity contribution >= 4 is 66.5 Å². The summed E-state index contributed by atoms with van der Waals surface area (Å²) in [7, 11) is -3.53. The number of phosphoric acid groups is 1. The van der Waals surface area contributed by atoms with Gasteiger partial charge in [0.2, 0.25) is 17.7 Å². The van der Waals surface area contributed by atoms with E-state index >= 15 is 0 Å². The van der Waals surface area contributed by atoms with E-state index in [2.05, 4.69) is 47.0 Å². The maximum absolute atomic E-state index is 12.9. The normalized spacial score (nSPS) is 16.2. The van der Waals surface area contributed by atoms with Crippen molar-refractivity contribution in [3.63, 3.8) is 0 Å². The molecule has 0 spiro atoms. The van der Waals surface area contributed by atoms with Crippen molar-refractivity contribution in [3.05, 3.63) is 180 Å². The third-order valence-electron chi connectivity index (χ3n) is 17.1. The Morgan fingerprint density at radius 2 is 1.05 bits per heavy atom. The van der Waals surface area contributed by atoms with Gasteiger partial charge in [-0.05, 0) is 161 Å². The Balaban J connectivity index is 0. The molecule has 3 amide bonds. The summed E-state index contributed by atoms with van der Waals surface area (Å²) in [6.07, 6.45) is 4.86. The van der Waals surface area contributed by atoms with Crippen LogP contribution in [-0.2, 0) is 147 Å². The molecule has 3 aliphatic rings. The number of aliphatic hydroxyl groups excluding tert-OH is 8. The van der Waals surface area contributed by atoms with Crippen molar-refractivity contribution in [2.75, 3.05) is 153 Å². The number of amides is 3. The van der Waals surface area contributed by atoms with Gasteiger partial charge in [0.1, 0.15) is 49.3 Å². The summed E-state index contributed by atoms with van der Waals surface area (Å²) in [5, 5.41) is 77.2. The van der Waals surface area contributed by atoms with E-state index in [1.807, 2.05) is 129 Å². The number of methoxy groups -OCH3 is 3. The van der Waals surface area contributed by atoms with Gasteiger partial charge in [0.15, 0.2) is 6.04 Å². The van der Waals surface area contributed by atoms with E-state index in [-0.39, 0.29) is 164 Å². The van der Waals surface area contributed by atoms with E-state index in [1.165, 1.54) is 38.8 Å². The van der Waals surface area contributed by atoms with Gasteiger partial charge in [-0.3, -0.25) is 22.5 Å². The molecule has 13 atom stereocenters. The number of carbonyl (C=O) groups excluding carboxylic acids is 5. The van der Waals surface area contributed by atoms with Crippen LogP contribution in [0.4, 0.5) is 4.79 Å². The number of aliphatic imine (C=N–C) groups is 3. The molecule has 3 heterocycles. The standard InChI is InChI=1S/C26H42N2O10P.C14H19NO3.C11H11NO3.C11H16O4S.C10H11NO2.C8H16NO4.C7H17NO3.C4H9NO3.2V/c1-7-14-35-39(31,36-16-13-27-25(30)38-26(3,4)5)37-19-23(28-20-29)18-33-15-12-21(2)34-17-22-8-10-24(32-6)11-9-22;1-11(16)7-8-17-9-13-10-18-14(15-13)12-5-3-2-4-6-12;1-14-11(13)9-7-15-10(12-9)8-5-3-2-4-6-8;1-9-3-5-11(6-4-9)16(13,14)15-8-7-10(2)12;12-6-9-7-13-10(11-9)8-4-2-1-3-5-8;1-7(12)2-3-13-5-8(4-10)9-6-11;1-6(10)2-3-11-5-7(8)4-9;1-8-4(7)3(5)2-6;;/h7-11,21,23H,1,12-19H2,2-6H3,(H,27,30)(H,28,29);2-6,11,13,16H,7-10H2,1H3;2-6,9H,7H2,1H3;3-6,10,12H,7-8H2,1-2H3;1-5,9,12H,6-7H2;7-8,10,12H,2-5H2,1H3,(H,9,11);6-7,9-10H,2-5,8H2,1H3;3,6H,2,5H2,1H3;;/q-1;;;;;-1;;;;. The summed E-state index contributed by atoms with van der Waals surface area (Å²) in [6, 6.07) is 40.3.